The number of aliphatic hydroxyl groups is 2. The highest BCUT2D eigenvalue weighted by Crippen LogP contribution is 2.31. The van der Waals surface area contributed by atoms with Crippen molar-refractivity contribution in [3.05, 3.63) is 28.8 Å². The Kier molecular flexibility index (Phi) is 5.83. The summed E-state index contributed by atoms with van der Waals surface area (Å²) in [6, 6.07) is 4.03. The van der Waals surface area contributed by atoms with E-state index in [4.69, 9.17) is 4.74 Å². The molecule has 0 spiro atoms. The van der Waals surface area contributed by atoms with Gasteiger partial charge in [0.25, 0.3) is 0 Å². The molecule has 0 radical (unpaired) electrons. The van der Waals surface area contributed by atoms with Gasteiger partial charge in [0, 0.05) is 0 Å². The third kappa shape index (κ3) is 3.95. The van der Waals surface area contributed by atoms with Crippen molar-refractivity contribution in [3.8, 4) is 5.75 Å². The molecule has 3 unspecified atom stereocenters. The first-order valence-corrected chi connectivity index (χ1v) is 6.91. The Bertz CT molecular complexity index is 391. The Morgan fingerprint density at radius 1 is 1.11 bits per heavy atom. The first-order valence-electron chi connectivity index (χ1n) is 6.91. The predicted octanol–water partition coefficient (Wildman–Crippen LogP) is 2.94. The molecule has 1 aromatic carbocycles. The number of ether oxygens (including phenoxy) is 1. The summed E-state index contributed by atoms with van der Waals surface area (Å²) < 4.78 is 5.26. The zero-order valence-electron chi connectivity index (χ0n) is 12.6. The normalized spacial score (nSPS) is 15.9. The molecular weight excluding hydrogens is 240 g/mol. The van der Waals surface area contributed by atoms with Crippen molar-refractivity contribution >= 4 is 0 Å². The molecule has 0 saturated carbocycles. The summed E-state index contributed by atoms with van der Waals surface area (Å²) >= 11 is 0. The van der Waals surface area contributed by atoms with Crippen LogP contribution in [-0.4, -0.2) is 29.5 Å². The minimum Gasteiger partial charge on any atom is -0.497 e. The molecule has 3 heteroatoms. The lowest BCUT2D eigenvalue weighted by atomic mass is 9.87. The van der Waals surface area contributed by atoms with Gasteiger partial charge in [0.1, 0.15) is 5.75 Å². The lowest BCUT2D eigenvalue weighted by molar-refractivity contribution is 0.00948. The molecule has 19 heavy (non-hydrogen) atoms. The second-order valence-corrected chi connectivity index (χ2v) is 5.35. The largest absolute Gasteiger partial charge is 0.497 e. The molecule has 3 atom stereocenters. The summed E-state index contributed by atoms with van der Waals surface area (Å²) in [5.74, 6) is 1.07. The molecular formula is C16H26O3. The third-order valence-electron chi connectivity index (χ3n) is 3.75. The second-order valence-electron chi connectivity index (χ2n) is 5.35. The summed E-state index contributed by atoms with van der Waals surface area (Å²) in [6.07, 6.45) is -0.153. The van der Waals surface area contributed by atoms with E-state index in [1.54, 1.807) is 7.11 Å². The summed E-state index contributed by atoms with van der Waals surface area (Å²) in [7, 11) is 1.67. The summed E-state index contributed by atoms with van der Waals surface area (Å²) in [5, 5.41) is 19.6. The van der Waals surface area contributed by atoms with E-state index in [0.29, 0.717) is 12.8 Å². The van der Waals surface area contributed by atoms with Crippen LogP contribution >= 0.6 is 0 Å². The maximum absolute atomic E-state index is 9.96. The van der Waals surface area contributed by atoms with Crippen molar-refractivity contribution in [1.82, 2.24) is 0 Å². The maximum Gasteiger partial charge on any atom is 0.119 e. The molecule has 0 bridgehead atoms. The number of rotatable bonds is 6. The Balaban J connectivity index is 2.91. The zero-order valence-corrected chi connectivity index (χ0v) is 12.6. The van der Waals surface area contributed by atoms with Gasteiger partial charge in [-0.25, -0.2) is 0 Å². The Labute approximate surface area is 116 Å². The fraction of sp³-hybridized carbons (Fsp3) is 0.625. The van der Waals surface area contributed by atoms with Crippen molar-refractivity contribution in [3.63, 3.8) is 0 Å². The van der Waals surface area contributed by atoms with Crippen molar-refractivity contribution in [2.24, 2.45) is 0 Å². The average Bonchev–Trinajstić information content (AvgIpc) is 2.36. The standard InChI is InChI=1S/C16H26O3/c1-6-14(17)15(18)9-12(4)16-10(2)7-13(19-5)8-11(16)3/h7-8,12,14-15,17-18H,6,9H2,1-5H3. The Hall–Kier alpha value is -1.06. The molecule has 0 aliphatic rings. The first kappa shape index (κ1) is 16.0. The lowest BCUT2D eigenvalue weighted by Crippen LogP contribution is -2.26. The molecule has 0 amide bonds. The van der Waals surface area contributed by atoms with Gasteiger partial charge in [0.05, 0.1) is 19.3 Å². The SMILES string of the molecule is CCC(O)C(O)CC(C)c1c(C)cc(OC)cc1C. The highest BCUT2D eigenvalue weighted by molar-refractivity contribution is 5.42. The number of benzene rings is 1. The molecule has 0 aromatic heterocycles. The average molecular weight is 266 g/mol. The van der Waals surface area contributed by atoms with Crippen molar-refractivity contribution in [2.75, 3.05) is 7.11 Å². The smallest absolute Gasteiger partial charge is 0.119 e. The molecule has 0 saturated heterocycles. The highest BCUT2D eigenvalue weighted by atomic mass is 16.5. The van der Waals surface area contributed by atoms with Crippen LogP contribution in [0.4, 0.5) is 0 Å². The highest BCUT2D eigenvalue weighted by Gasteiger charge is 2.20. The summed E-state index contributed by atoms with van der Waals surface area (Å²) in [6.45, 7) is 8.09. The summed E-state index contributed by atoms with van der Waals surface area (Å²) in [4.78, 5) is 0. The molecule has 2 N–H and O–H groups in total. The fourth-order valence-electron chi connectivity index (χ4n) is 2.74. The van der Waals surface area contributed by atoms with Crippen LogP contribution in [-0.2, 0) is 0 Å². The van der Waals surface area contributed by atoms with Crippen LogP contribution in [0.1, 0.15) is 49.3 Å². The second kappa shape index (κ2) is 6.92. The van der Waals surface area contributed by atoms with Crippen LogP contribution < -0.4 is 4.74 Å². The number of aliphatic hydroxyl groups excluding tert-OH is 2. The molecule has 1 aromatic rings. The van der Waals surface area contributed by atoms with Crippen molar-refractivity contribution in [1.29, 1.82) is 0 Å². The van der Waals surface area contributed by atoms with Gasteiger partial charge < -0.3 is 14.9 Å². The van der Waals surface area contributed by atoms with E-state index in [2.05, 4.69) is 20.8 Å². The van der Waals surface area contributed by atoms with Gasteiger partial charge in [-0.3, -0.25) is 0 Å². The Morgan fingerprint density at radius 3 is 2.05 bits per heavy atom. The minimum atomic E-state index is -0.666. The van der Waals surface area contributed by atoms with Crippen LogP contribution in [0.3, 0.4) is 0 Å². The molecule has 0 fully saturated rings. The van der Waals surface area contributed by atoms with E-state index >= 15 is 0 Å². The molecule has 0 heterocycles. The van der Waals surface area contributed by atoms with Gasteiger partial charge in [0.15, 0.2) is 0 Å². The predicted molar refractivity (Wildman–Crippen MR) is 77.8 cm³/mol. The lowest BCUT2D eigenvalue weighted by Gasteiger charge is -2.23. The summed E-state index contributed by atoms with van der Waals surface area (Å²) in [5.41, 5.74) is 3.58. The monoisotopic (exact) mass is 266 g/mol. The number of methoxy groups -OCH3 is 1. The van der Waals surface area contributed by atoms with Crippen LogP contribution in [0.25, 0.3) is 0 Å². The molecule has 108 valence electrons. The van der Waals surface area contributed by atoms with Gasteiger partial charge >= 0.3 is 0 Å². The van der Waals surface area contributed by atoms with Crippen molar-refractivity contribution in [2.45, 2.75) is 58.7 Å². The van der Waals surface area contributed by atoms with Gasteiger partial charge in [-0.15, -0.1) is 0 Å². The van der Waals surface area contributed by atoms with Crippen LogP contribution in [0.5, 0.6) is 5.75 Å². The first-order chi connectivity index (χ1) is 8.90. The van der Waals surface area contributed by atoms with Gasteiger partial charge in [-0.05, 0) is 61.4 Å². The van der Waals surface area contributed by atoms with Crippen LogP contribution in [0.15, 0.2) is 12.1 Å². The number of hydrogen-bond acceptors (Lipinski definition) is 3. The quantitative estimate of drug-likeness (QED) is 0.832. The molecule has 0 aliphatic carbocycles. The molecule has 0 aliphatic heterocycles. The van der Waals surface area contributed by atoms with E-state index in [1.165, 1.54) is 16.7 Å². The fourth-order valence-corrected chi connectivity index (χ4v) is 2.74. The van der Waals surface area contributed by atoms with Gasteiger partial charge in [-0.2, -0.15) is 0 Å². The van der Waals surface area contributed by atoms with Crippen molar-refractivity contribution < 1.29 is 14.9 Å². The van der Waals surface area contributed by atoms with Crippen LogP contribution in [0, 0.1) is 13.8 Å². The zero-order chi connectivity index (χ0) is 14.6. The third-order valence-corrected chi connectivity index (χ3v) is 3.75. The Morgan fingerprint density at radius 2 is 1.63 bits per heavy atom. The number of hydrogen-bond donors (Lipinski definition) is 2. The molecule has 3 nitrogen and oxygen atoms in total. The van der Waals surface area contributed by atoms with Crippen LogP contribution in [0.2, 0.25) is 0 Å². The van der Waals surface area contributed by atoms with Gasteiger partial charge in [-0.1, -0.05) is 13.8 Å². The van der Waals surface area contributed by atoms with E-state index in [9.17, 15) is 10.2 Å². The maximum atomic E-state index is 9.96. The van der Waals surface area contributed by atoms with E-state index in [-0.39, 0.29) is 5.92 Å². The minimum absolute atomic E-state index is 0.210. The number of aryl methyl sites for hydroxylation is 2. The topological polar surface area (TPSA) is 49.7 Å². The van der Waals surface area contributed by atoms with Gasteiger partial charge in [0.2, 0.25) is 0 Å². The van der Waals surface area contributed by atoms with E-state index in [1.807, 2.05) is 19.1 Å². The van der Waals surface area contributed by atoms with E-state index in [0.717, 1.165) is 5.75 Å². The molecule has 1 rings (SSSR count). The van der Waals surface area contributed by atoms with E-state index < -0.39 is 12.2 Å².